The number of furan rings is 1. The van der Waals surface area contributed by atoms with Crippen molar-refractivity contribution >= 4 is 29.4 Å². The van der Waals surface area contributed by atoms with Crippen LogP contribution in [0.5, 0.6) is 0 Å². The quantitative estimate of drug-likeness (QED) is 0.637. The molecule has 0 saturated carbocycles. The van der Waals surface area contributed by atoms with Crippen molar-refractivity contribution in [3.05, 3.63) is 47.4 Å². The lowest BCUT2D eigenvalue weighted by atomic mass is 10.1. The van der Waals surface area contributed by atoms with Crippen molar-refractivity contribution in [1.82, 2.24) is 20.1 Å². The second-order valence-electron chi connectivity index (χ2n) is 6.29. The molecule has 0 unspecified atom stereocenters. The number of nitrogens with zero attached hydrogens (tertiary/aromatic N) is 3. The van der Waals surface area contributed by atoms with Gasteiger partial charge in [0.2, 0.25) is 5.91 Å². The van der Waals surface area contributed by atoms with Gasteiger partial charge in [0.15, 0.2) is 11.0 Å². The highest BCUT2D eigenvalue weighted by molar-refractivity contribution is 7.99. The molecule has 1 aromatic carbocycles. The molecule has 9 heteroatoms. The summed E-state index contributed by atoms with van der Waals surface area (Å²) in [5, 5.41) is 13.9. The summed E-state index contributed by atoms with van der Waals surface area (Å²) >= 11 is 1.20. The predicted octanol–water partition coefficient (Wildman–Crippen LogP) is 3.44. The van der Waals surface area contributed by atoms with Gasteiger partial charge in [-0.25, -0.2) is 4.79 Å². The topological polar surface area (TPSA) is 102 Å². The Hall–Kier alpha value is -3.07. The number of imide groups is 1. The number of rotatable bonds is 5. The van der Waals surface area contributed by atoms with E-state index >= 15 is 0 Å². The average Bonchev–Trinajstić information content (AvgIpc) is 3.22. The van der Waals surface area contributed by atoms with Crippen LogP contribution in [0, 0.1) is 20.8 Å². The van der Waals surface area contributed by atoms with E-state index in [1.54, 1.807) is 16.9 Å². The van der Waals surface area contributed by atoms with Crippen molar-refractivity contribution in [3.8, 4) is 11.4 Å². The molecule has 0 saturated heterocycles. The Morgan fingerprint density at radius 2 is 1.96 bits per heavy atom. The number of urea groups is 1. The fourth-order valence-corrected chi connectivity index (χ4v) is 3.34. The molecule has 0 fully saturated rings. The average molecular weight is 399 g/mol. The first-order valence-corrected chi connectivity index (χ1v) is 9.59. The van der Waals surface area contributed by atoms with E-state index < -0.39 is 11.9 Å². The molecule has 0 radical (unpaired) electrons. The molecular formula is C19H21N5O3S. The standard InChI is InChI=1S/C19H21N5O3S/c1-11-6-5-7-15(12(11)2)20-18(26)21-16(25)10-28-19-23-22-17(24(19)4)14-8-9-27-13(14)3/h5-9H,10H2,1-4H3,(H2,20,21,25,26). The number of hydrogen-bond donors (Lipinski definition) is 2. The minimum atomic E-state index is -0.563. The highest BCUT2D eigenvalue weighted by Crippen LogP contribution is 2.25. The molecule has 2 aromatic heterocycles. The van der Waals surface area contributed by atoms with Crippen molar-refractivity contribution in [3.63, 3.8) is 0 Å². The van der Waals surface area contributed by atoms with E-state index in [0.29, 0.717) is 16.7 Å². The fraction of sp³-hybridized carbons (Fsp3) is 0.263. The molecule has 0 aliphatic heterocycles. The Balaban J connectivity index is 1.56. The van der Waals surface area contributed by atoms with E-state index in [4.69, 9.17) is 4.42 Å². The van der Waals surface area contributed by atoms with Crippen LogP contribution in [0.3, 0.4) is 0 Å². The molecule has 8 nitrogen and oxygen atoms in total. The number of thioether (sulfide) groups is 1. The molecule has 3 amide bonds. The van der Waals surface area contributed by atoms with Crippen LogP contribution in [0.2, 0.25) is 0 Å². The maximum absolute atomic E-state index is 12.1. The molecule has 0 atom stereocenters. The third-order valence-electron chi connectivity index (χ3n) is 4.37. The third kappa shape index (κ3) is 4.25. The van der Waals surface area contributed by atoms with E-state index in [9.17, 15) is 9.59 Å². The lowest BCUT2D eigenvalue weighted by molar-refractivity contribution is -0.117. The smallest absolute Gasteiger partial charge is 0.325 e. The van der Waals surface area contributed by atoms with Gasteiger partial charge in [0.25, 0.3) is 0 Å². The van der Waals surface area contributed by atoms with Crippen LogP contribution in [0.15, 0.2) is 40.1 Å². The third-order valence-corrected chi connectivity index (χ3v) is 5.39. The summed E-state index contributed by atoms with van der Waals surface area (Å²) in [5.74, 6) is 1.02. The largest absolute Gasteiger partial charge is 0.469 e. The molecule has 146 valence electrons. The molecule has 0 spiro atoms. The van der Waals surface area contributed by atoms with E-state index in [0.717, 1.165) is 22.5 Å². The highest BCUT2D eigenvalue weighted by Gasteiger charge is 2.16. The van der Waals surface area contributed by atoms with Gasteiger partial charge in [-0.05, 0) is 44.0 Å². The van der Waals surface area contributed by atoms with Gasteiger partial charge in [-0.15, -0.1) is 10.2 Å². The monoisotopic (exact) mass is 399 g/mol. The number of amides is 3. The van der Waals surface area contributed by atoms with Crippen LogP contribution in [0.25, 0.3) is 11.4 Å². The molecule has 2 heterocycles. The van der Waals surface area contributed by atoms with Crippen LogP contribution in [-0.2, 0) is 11.8 Å². The normalized spacial score (nSPS) is 10.7. The van der Waals surface area contributed by atoms with Gasteiger partial charge >= 0.3 is 6.03 Å². The summed E-state index contributed by atoms with van der Waals surface area (Å²) in [6, 6.07) is 6.86. The first kappa shape index (κ1) is 19.7. The number of anilines is 1. The maximum Gasteiger partial charge on any atom is 0.325 e. The van der Waals surface area contributed by atoms with Crippen LogP contribution >= 0.6 is 11.8 Å². The molecule has 3 aromatic rings. The summed E-state index contributed by atoms with van der Waals surface area (Å²) in [6.45, 7) is 5.72. The lowest BCUT2D eigenvalue weighted by Crippen LogP contribution is -2.35. The molecule has 0 aliphatic rings. The summed E-state index contributed by atoms with van der Waals surface area (Å²) in [4.78, 5) is 24.2. The summed E-state index contributed by atoms with van der Waals surface area (Å²) < 4.78 is 7.08. The van der Waals surface area contributed by atoms with Gasteiger partial charge in [0, 0.05) is 12.7 Å². The second kappa shape index (κ2) is 8.30. The summed E-state index contributed by atoms with van der Waals surface area (Å²) in [5.41, 5.74) is 3.54. The fourth-order valence-electron chi connectivity index (χ4n) is 2.62. The van der Waals surface area contributed by atoms with E-state index in [2.05, 4.69) is 20.8 Å². The summed E-state index contributed by atoms with van der Waals surface area (Å²) in [7, 11) is 1.81. The number of benzene rings is 1. The van der Waals surface area contributed by atoms with Gasteiger partial charge in [-0.3, -0.25) is 10.1 Å². The van der Waals surface area contributed by atoms with Gasteiger partial charge < -0.3 is 14.3 Å². The Morgan fingerprint density at radius 3 is 2.68 bits per heavy atom. The van der Waals surface area contributed by atoms with Crippen molar-refractivity contribution in [2.24, 2.45) is 7.05 Å². The maximum atomic E-state index is 12.1. The number of carbonyl (C=O) groups excluding carboxylic acids is 2. The Labute approximate surface area is 166 Å². The van der Waals surface area contributed by atoms with Crippen LogP contribution in [0.4, 0.5) is 10.5 Å². The van der Waals surface area contributed by atoms with E-state index in [-0.39, 0.29) is 5.75 Å². The van der Waals surface area contributed by atoms with Crippen molar-refractivity contribution in [2.75, 3.05) is 11.1 Å². The SMILES string of the molecule is Cc1cccc(NC(=O)NC(=O)CSc2nnc(-c3ccoc3C)n2C)c1C. The Morgan fingerprint density at radius 1 is 1.18 bits per heavy atom. The van der Waals surface area contributed by atoms with E-state index in [1.807, 2.05) is 46.0 Å². The number of aryl methyl sites for hydroxylation is 2. The van der Waals surface area contributed by atoms with Crippen molar-refractivity contribution < 1.29 is 14.0 Å². The zero-order chi connectivity index (χ0) is 20.3. The first-order valence-electron chi connectivity index (χ1n) is 8.60. The van der Waals surface area contributed by atoms with Crippen LogP contribution in [0.1, 0.15) is 16.9 Å². The molecule has 0 aliphatic carbocycles. The lowest BCUT2D eigenvalue weighted by Gasteiger charge is -2.10. The van der Waals surface area contributed by atoms with Crippen LogP contribution < -0.4 is 10.6 Å². The first-order chi connectivity index (χ1) is 13.4. The molecule has 2 N–H and O–H groups in total. The molecule has 3 rings (SSSR count). The minimum Gasteiger partial charge on any atom is -0.469 e. The van der Waals surface area contributed by atoms with E-state index in [1.165, 1.54) is 11.8 Å². The van der Waals surface area contributed by atoms with Gasteiger partial charge in [0.1, 0.15) is 5.76 Å². The second-order valence-corrected chi connectivity index (χ2v) is 7.24. The number of nitrogens with one attached hydrogen (secondary N) is 2. The number of aromatic nitrogens is 3. The molecule has 28 heavy (non-hydrogen) atoms. The van der Waals surface area contributed by atoms with Crippen molar-refractivity contribution in [2.45, 2.75) is 25.9 Å². The molecule has 0 bridgehead atoms. The van der Waals surface area contributed by atoms with Gasteiger partial charge in [-0.1, -0.05) is 23.9 Å². The van der Waals surface area contributed by atoms with Gasteiger partial charge in [-0.2, -0.15) is 0 Å². The van der Waals surface area contributed by atoms with Crippen LogP contribution in [-0.4, -0.2) is 32.5 Å². The minimum absolute atomic E-state index is 0.0383. The summed E-state index contributed by atoms with van der Waals surface area (Å²) in [6.07, 6.45) is 1.59. The number of carbonyl (C=O) groups is 2. The highest BCUT2D eigenvalue weighted by atomic mass is 32.2. The molecular weight excluding hydrogens is 378 g/mol. The van der Waals surface area contributed by atoms with Crippen molar-refractivity contribution in [1.29, 1.82) is 0 Å². The zero-order valence-electron chi connectivity index (χ0n) is 16.1. The Bertz CT molecular complexity index is 1020. The predicted molar refractivity (Wildman–Crippen MR) is 107 cm³/mol. The number of hydrogen-bond acceptors (Lipinski definition) is 6. The van der Waals surface area contributed by atoms with Gasteiger partial charge in [0.05, 0.1) is 17.6 Å². The zero-order valence-corrected chi connectivity index (χ0v) is 16.9. The Kier molecular flexibility index (Phi) is 5.84.